The summed E-state index contributed by atoms with van der Waals surface area (Å²) in [5, 5.41) is 2.73. The fourth-order valence-electron chi connectivity index (χ4n) is 3.97. The van der Waals surface area contributed by atoms with Crippen LogP contribution >= 0.6 is 0 Å². The van der Waals surface area contributed by atoms with E-state index in [9.17, 15) is 26.4 Å². The smallest absolute Gasteiger partial charge is 0.320 e. The van der Waals surface area contributed by atoms with E-state index >= 15 is 0 Å². The molecule has 2 aromatic carbocycles. The summed E-state index contributed by atoms with van der Waals surface area (Å²) in [5.41, 5.74) is 0.771. The number of halogens is 3. The highest BCUT2D eigenvalue weighted by Gasteiger charge is 2.30. The SMILES string of the molecule is CC(CNC(=O)N1CCN(S(=O)(=O)c2cccc(F)c2)CC1)c1nc2ccccc2n1C(F)F. The van der Waals surface area contributed by atoms with Gasteiger partial charge in [-0.3, -0.25) is 4.57 Å². The Balaban J connectivity index is 1.36. The van der Waals surface area contributed by atoms with Gasteiger partial charge in [0.05, 0.1) is 15.9 Å². The van der Waals surface area contributed by atoms with Gasteiger partial charge in [0.1, 0.15) is 11.6 Å². The average Bonchev–Trinajstić information content (AvgIpc) is 3.22. The van der Waals surface area contributed by atoms with Crippen molar-refractivity contribution in [2.75, 3.05) is 32.7 Å². The zero-order valence-corrected chi connectivity index (χ0v) is 19.2. The van der Waals surface area contributed by atoms with Gasteiger partial charge in [0.2, 0.25) is 10.0 Å². The lowest BCUT2D eigenvalue weighted by molar-refractivity contribution is 0.0704. The molecule has 1 aliphatic heterocycles. The van der Waals surface area contributed by atoms with E-state index in [4.69, 9.17) is 0 Å². The van der Waals surface area contributed by atoms with Gasteiger partial charge in [-0.1, -0.05) is 25.1 Å². The lowest BCUT2D eigenvalue weighted by Crippen LogP contribution is -2.53. The molecule has 4 rings (SSSR count). The number of benzene rings is 2. The molecule has 1 fully saturated rings. The van der Waals surface area contributed by atoms with Crippen LogP contribution in [0.3, 0.4) is 0 Å². The Hall–Kier alpha value is -3.12. The van der Waals surface area contributed by atoms with E-state index < -0.39 is 34.3 Å². The molecule has 0 radical (unpaired) electrons. The van der Waals surface area contributed by atoms with E-state index in [1.165, 1.54) is 27.4 Å². The molecule has 12 heteroatoms. The van der Waals surface area contributed by atoms with Crippen LogP contribution < -0.4 is 5.32 Å². The van der Waals surface area contributed by atoms with Crippen LogP contribution in [0.25, 0.3) is 11.0 Å². The number of hydrogen-bond acceptors (Lipinski definition) is 4. The third-order valence-corrected chi connectivity index (χ3v) is 7.67. The molecule has 3 aromatic rings. The highest BCUT2D eigenvalue weighted by Crippen LogP contribution is 2.27. The van der Waals surface area contributed by atoms with Gasteiger partial charge in [-0.2, -0.15) is 13.1 Å². The number of alkyl halides is 2. The number of fused-ring (bicyclic) bond motifs is 1. The lowest BCUT2D eigenvalue weighted by Gasteiger charge is -2.34. The highest BCUT2D eigenvalue weighted by molar-refractivity contribution is 7.89. The number of aromatic nitrogens is 2. The first-order valence-corrected chi connectivity index (χ1v) is 12.2. The van der Waals surface area contributed by atoms with Crippen LogP contribution in [0.4, 0.5) is 18.0 Å². The molecule has 0 bridgehead atoms. The molecule has 34 heavy (non-hydrogen) atoms. The van der Waals surface area contributed by atoms with Crippen molar-refractivity contribution in [2.45, 2.75) is 24.3 Å². The summed E-state index contributed by atoms with van der Waals surface area (Å²) in [5.74, 6) is -0.962. The summed E-state index contributed by atoms with van der Waals surface area (Å²) in [6, 6.07) is 11.0. The van der Waals surface area contributed by atoms with Gasteiger partial charge in [0.25, 0.3) is 0 Å². The lowest BCUT2D eigenvalue weighted by atomic mass is 10.1. The molecule has 0 saturated carbocycles. The largest absolute Gasteiger partial charge is 0.337 e. The maximum atomic E-state index is 13.7. The Morgan fingerprint density at radius 3 is 2.47 bits per heavy atom. The zero-order valence-electron chi connectivity index (χ0n) is 18.4. The normalized spacial score (nSPS) is 16.2. The molecule has 0 spiro atoms. The number of amides is 2. The van der Waals surface area contributed by atoms with Gasteiger partial charge in [-0.15, -0.1) is 0 Å². The van der Waals surface area contributed by atoms with Crippen LogP contribution in [-0.2, 0) is 10.0 Å². The number of nitrogens with one attached hydrogen (secondary N) is 1. The van der Waals surface area contributed by atoms with Gasteiger partial charge in [0, 0.05) is 38.6 Å². The molecule has 2 heterocycles. The first-order chi connectivity index (χ1) is 16.2. The van der Waals surface area contributed by atoms with Crippen molar-refractivity contribution in [2.24, 2.45) is 0 Å². The zero-order chi connectivity index (χ0) is 24.5. The van der Waals surface area contributed by atoms with E-state index in [0.29, 0.717) is 11.0 Å². The van der Waals surface area contributed by atoms with Crippen molar-refractivity contribution in [3.63, 3.8) is 0 Å². The molecule has 1 atom stereocenters. The van der Waals surface area contributed by atoms with Gasteiger partial charge in [-0.25, -0.2) is 22.6 Å². The van der Waals surface area contributed by atoms with Crippen LogP contribution in [0.1, 0.15) is 25.2 Å². The molecule has 1 N–H and O–H groups in total. The second-order valence-electron chi connectivity index (χ2n) is 8.04. The maximum Gasteiger partial charge on any atom is 0.320 e. The Kier molecular flexibility index (Phi) is 6.80. The van der Waals surface area contributed by atoms with Gasteiger partial charge in [-0.05, 0) is 30.3 Å². The van der Waals surface area contributed by atoms with E-state index in [1.54, 1.807) is 31.2 Å². The second kappa shape index (κ2) is 9.63. The third-order valence-electron chi connectivity index (χ3n) is 5.78. The van der Waals surface area contributed by atoms with Crippen LogP contribution in [-0.4, -0.2) is 65.9 Å². The van der Waals surface area contributed by atoms with Crippen molar-refractivity contribution in [1.29, 1.82) is 0 Å². The van der Waals surface area contributed by atoms with Crippen molar-refractivity contribution < 1.29 is 26.4 Å². The summed E-state index contributed by atoms with van der Waals surface area (Å²) in [4.78, 5) is 18.3. The molecule has 1 aliphatic rings. The standard InChI is InChI=1S/C22H24F3N5O3S/c1-15(20-27-18-7-2-3-8-19(18)30(20)21(24)25)14-26-22(31)28-9-11-29(12-10-28)34(32,33)17-6-4-5-16(23)13-17/h2-8,13,15,21H,9-12,14H2,1H3,(H,26,31). The number of carbonyl (C=O) groups excluding carboxylic acids is 1. The van der Waals surface area contributed by atoms with Crippen LogP contribution in [0.2, 0.25) is 0 Å². The molecular formula is C22H24F3N5O3S. The summed E-state index contributed by atoms with van der Waals surface area (Å²) < 4.78 is 68.3. The fraction of sp³-hybridized carbons (Fsp3) is 0.364. The Bertz CT molecular complexity index is 1290. The molecule has 1 saturated heterocycles. The number of sulfonamides is 1. The first kappa shape index (κ1) is 24.0. The van der Waals surface area contributed by atoms with Crippen molar-refractivity contribution in [3.05, 3.63) is 60.2 Å². The molecule has 182 valence electrons. The minimum atomic E-state index is -3.87. The molecule has 1 aromatic heterocycles. The third kappa shape index (κ3) is 4.73. The quantitative estimate of drug-likeness (QED) is 0.568. The van der Waals surface area contributed by atoms with Gasteiger partial charge in [0.15, 0.2) is 0 Å². The number of para-hydroxylation sites is 2. The first-order valence-electron chi connectivity index (χ1n) is 10.7. The number of hydrogen-bond donors (Lipinski definition) is 1. The van der Waals surface area contributed by atoms with Crippen molar-refractivity contribution in [3.8, 4) is 0 Å². The van der Waals surface area contributed by atoms with Crippen LogP contribution in [0, 0.1) is 5.82 Å². The molecule has 1 unspecified atom stereocenters. The second-order valence-corrected chi connectivity index (χ2v) is 9.98. The monoisotopic (exact) mass is 495 g/mol. The molecule has 0 aliphatic carbocycles. The van der Waals surface area contributed by atoms with Gasteiger partial charge < -0.3 is 10.2 Å². The fourth-order valence-corrected chi connectivity index (χ4v) is 5.42. The molecular weight excluding hydrogens is 471 g/mol. The Labute approximate surface area is 195 Å². The number of piperazine rings is 1. The Morgan fingerprint density at radius 2 is 1.79 bits per heavy atom. The maximum absolute atomic E-state index is 13.7. The van der Waals surface area contributed by atoms with Crippen molar-refractivity contribution >= 4 is 27.1 Å². The van der Waals surface area contributed by atoms with E-state index in [1.807, 2.05) is 0 Å². The highest BCUT2D eigenvalue weighted by atomic mass is 32.2. The van der Waals surface area contributed by atoms with Crippen LogP contribution in [0.15, 0.2) is 53.4 Å². The number of urea groups is 1. The number of imidazole rings is 1. The molecule has 8 nitrogen and oxygen atoms in total. The van der Waals surface area contributed by atoms with E-state index in [2.05, 4.69) is 10.3 Å². The molecule has 2 amide bonds. The van der Waals surface area contributed by atoms with Crippen molar-refractivity contribution in [1.82, 2.24) is 24.1 Å². The van der Waals surface area contributed by atoms with Gasteiger partial charge >= 0.3 is 12.6 Å². The summed E-state index contributed by atoms with van der Waals surface area (Å²) in [7, 11) is -3.87. The summed E-state index contributed by atoms with van der Waals surface area (Å²) in [6.07, 6.45) is 0. The number of nitrogens with zero attached hydrogens (tertiary/aromatic N) is 4. The van der Waals surface area contributed by atoms with E-state index in [0.717, 1.165) is 10.6 Å². The number of rotatable bonds is 6. The number of carbonyl (C=O) groups is 1. The van der Waals surface area contributed by atoms with E-state index in [-0.39, 0.29) is 43.4 Å². The summed E-state index contributed by atoms with van der Waals surface area (Å²) in [6.45, 7) is -0.588. The topological polar surface area (TPSA) is 87.5 Å². The minimum Gasteiger partial charge on any atom is -0.337 e. The minimum absolute atomic E-state index is 0.0585. The summed E-state index contributed by atoms with van der Waals surface area (Å²) >= 11 is 0. The van der Waals surface area contributed by atoms with Crippen LogP contribution in [0.5, 0.6) is 0 Å². The predicted octanol–water partition coefficient (Wildman–Crippen LogP) is 3.39. The predicted molar refractivity (Wildman–Crippen MR) is 120 cm³/mol. The Morgan fingerprint density at radius 1 is 1.09 bits per heavy atom. The average molecular weight is 496 g/mol.